The first kappa shape index (κ1) is 14.1. The van der Waals surface area contributed by atoms with Crippen molar-refractivity contribution in [2.24, 2.45) is 0 Å². The molecule has 2 heterocycles. The van der Waals surface area contributed by atoms with E-state index in [1.165, 1.54) is 12.4 Å². The van der Waals surface area contributed by atoms with Gasteiger partial charge in [-0.1, -0.05) is 0 Å². The summed E-state index contributed by atoms with van der Waals surface area (Å²) < 4.78 is 0.779. The van der Waals surface area contributed by atoms with Crippen molar-refractivity contribution in [2.45, 2.75) is 24.6 Å². The van der Waals surface area contributed by atoms with Crippen molar-refractivity contribution in [3.05, 3.63) is 33.2 Å². The maximum absolute atomic E-state index is 12.2. The molecule has 2 aromatic rings. The maximum atomic E-state index is 12.2. The number of nitrogens with one attached hydrogen (secondary N) is 1. The molecule has 0 aliphatic heterocycles. The Bertz CT molecular complexity index is 708. The Labute approximate surface area is 120 Å². The smallest absolute Gasteiger partial charge is 0.290 e. The molecule has 2 rings (SSSR count). The van der Waals surface area contributed by atoms with Crippen molar-refractivity contribution < 1.29 is 0 Å². The summed E-state index contributed by atoms with van der Waals surface area (Å²) >= 11 is 8.61. The van der Waals surface area contributed by atoms with Crippen LogP contribution < -0.4 is 11.2 Å². The SMILES string of the molecule is C[C@](S)(CS)CCn1c(=O)[nH]c2nccnc2c1=O. The minimum atomic E-state index is -0.485. The van der Waals surface area contributed by atoms with Gasteiger partial charge in [0.25, 0.3) is 5.56 Å². The van der Waals surface area contributed by atoms with Crippen LogP contribution in [0.5, 0.6) is 0 Å². The monoisotopic (exact) mass is 298 g/mol. The van der Waals surface area contributed by atoms with Gasteiger partial charge < -0.3 is 0 Å². The van der Waals surface area contributed by atoms with Crippen molar-refractivity contribution >= 4 is 36.4 Å². The molecule has 6 nitrogen and oxygen atoms in total. The molecule has 8 heteroatoms. The van der Waals surface area contributed by atoms with Crippen LogP contribution in [0.1, 0.15) is 13.3 Å². The average Bonchev–Trinajstić information content (AvgIpc) is 2.38. The molecule has 1 atom stereocenters. The van der Waals surface area contributed by atoms with Gasteiger partial charge in [-0.25, -0.2) is 14.8 Å². The van der Waals surface area contributed by atoms with Gasteiger partial charge in [0.1, 0.15) is 0 Å². The lowest BCUT2D eigenvalue weighted by Gasteiger charge is -2.20. The van der Waals surface area contributed by atoms with Crippen molar-refractivity contribution in [3.63, 3.8) is 0 Å². The lowest BCUT2D eigenvalue weighted by Crippen LogP contribution is -2.37. The van der Waals surface area contributed by atoms with Gasteiger partial charge in [0.05, 0.1) is 0 Å². The summed E-state index contributed by atoms with van der Waals surface area (Å²) in [7, 11) is 0. The molecule has 0 saturated heterocycles. The minimum absolute atomic E-state index is 0.161. The van der Waals surface area contributed by atoms with Gasteiger partial charge in [0.15, 0.2) is 11.2 Å². The Morgan fingerprint density at radius 2 is 2.05 bits per heavy atom. The van der Waals surface area contributed by atoms with Crippen LogP contribution in [-0.2, 0) is 6.54 Å². The zero-order valence-corrected chi connectivity index (χ0v) is 12.1. The largest absolute Gasteiger partial charge is 0.330 e. The number of fused-ring (bicyclic) bond motifs is 1. The minimum Gasteiger partial charge on any atom is -0.290 e. The highest BCUT2D eigenvalue weighted by atomic mass is 32.1. The van der Waals surface area contributed by atoms with Crippen LogP contribution >= 0.6 is 25.3 Å². The summed E-state index contributed by atoms with van der Waals surface area (Å²) in [6.07, 6.45) is 3.39. The normalized spacial score (nSPS) is 14.5. The van der Waals surface area contributed by atoms with Crippen LogP contribution in [0.4, 0.5) is 0 Å². The number of thiol groups is 2. The van der Waals surface area contributed by atoms with E-state index in [-0.39, 0.29) is 22.5 Å². The first-order valence-corrected chi connectivity index (χ1v) is 6.80. The van der Waals surface area contributed by atoms with Gasteiger partial charge in [-0.3, -0.25) is 14.3 Å². The third kappa shape index (κ3) is 3.01. The molecule has 0 saturated carbocycles. The number of hydrogen-bond acceptors (Lipinski definition) is 6. The fourth-order valence-corrected chi connectivity index (χ4v) is 1.87. The van der Waals surface area contributed by atoms with Gasteiger partial charge in [0.2, 0.25) is 0 Å². The van der Waals surface area contributed by atoms with E-state index in [9.17, 15) is 9.59 Å². The lowest BCUT2D eigenvalue weighted by atomic mass is 10.1. The number of hydrogen-bond donors (Lipinski definition) is 3. The molecule has 0 spiro atoms. The predicted octanol–water partition coefficient (Wildman–Crippen LogP) is 0.488. The topological polar surface area (TPSA) is 80.6 Å². The number of aromatic amines is 1. The Hall–Kier alpha value is -1.28. The molecular formula is C11H14N4O2S2. The zero-order valence-electron chi connectivity index (χ0n) is 10.3. The Morgan fingerprint density at radius 3 is 2.74 bits per heavy atom. The zero-order chi connectivity index (χ0) is 14.0. The molecule has 0 radical (unpaired) electrons. The molecule has 19 heavy (non-hydrogen) atoms. The van der Waals surface area contributed by atoms with Crippen molar-refractivity contribution in [1.82, 2.24) is 19.5 Å². The van der Waals surface area contributed by atoms with E-state index in [1.54, 1.807) is 0 Å². The summed E-state index contributed by atoms with van der Waals surface area (Å²) in [5.74, 6) is 0.552. The summed E-state index contributed by atoms with van der Waals surface area (Å²) in [4.78, 5) is 34.4. The van der Waals surface area contributed by atoms with E-state index >= 15 is 0 Å². The van der Waals surface area contributed by atoms with E-state index < -0.39 is 11.2 Å². The molecule has 0 aromatic carbocycles. The van der Waals surface area contributed by atoms with Crippen LogP contribution in [0, 0.1) is 0 Å². The molecule has 0 aliphatic rings. The van der Waals surface area contributed by atoms with Crippen LogP contribution in [0.3, 0.4) is 0 Å². The highest BCUT2D eigenvalue weighted by molar-refractivity contribution is 7.85. The van der Waals surface area contributed by atoms with E-state index in [4.69, 9.17) is 0 Å². The van der Waals surface area contributed by atoms with Crippen molar-refractivity contribution in [2.75, 3.05) is 5.75 Å². The van der Waals surface area contributed by atoms with Crippen LogP contribution in [0.25, 0.3) is 11.2 Å². The molecule has 102 valence electrons. The summed E-state index contributed by atoms with van der Waals surface area (Å²) in [5.41, 5.74) is -0.554. The first-order valence-electron chi connectivity index (χ1n) is 5.72. The van der Waals surface area contributed by atoms with Crippen molar-refractivity contribution in [3.8, 4) is 0 Å². The molecule has 0 fully saturated rings. The summed E-state index contributed by atoms with van der Waals surface area (Å²) in [6.45, 7) is 2.17. The lowest BCUT2D eigenvalue weighted by molar-refractivity contribution is 0.534. The molecule has 0 aliphatic carbocycles. The second-order valence-corrected chi connectivity index (χ2v) is 5.94. The van der Waals surface area contributed by atoms with E-state index in [0.717, 1.165) is 4.57 Å². The van der Waals surface area contributed by atoms with Crippen molar-refractivity contribution in [1.29, 1.82) is 0 Å². The Balaban J connectivity index is 2.44. The molecule has 0 unspecified atom stereocenters. The second-order valence-electron chi connectivity index (χ2n) is 4.55. The van der Waals surface area contributed by atoms with Crippen LogP contribution in [0.2, 0.25) is 0 Å². The molecule has 0 amide bonds. The molecule has 1 N–H and O–H groups in total. The molecular weight excluding hydrogens is 284 g/mol. The highest BCUT2D eigenvalue weighted by Gasteiger charge is 2.18. The number of aromatic nitrogens is 4. The molecule has 2 aromatic heterocycles. The van der Waals surface area contributed by atoms with Gasteiger partial charge in [-0.2, -0.15) is 25.3 Å². The van der Waals surface area contributed by atoms with Crippen LogP contribution in [-0.4, -0.2) is 30.0 Å². The predicted molar refractivity (Wildman–Crippen MR) is 80.3 cm³/mol. The third-order valence-electron chi connectivity index (χ3n) is 2.83. The quantitative estimate of drug-likeness (QED) is 0.718. The average molecular weight is 298 g/mol. The van der Waals surface area contributed by atoms with Crippen LogP contribution in [0.15, 0.2) is 22.0 Å². The van der Waals surface area contributed by atoms with E-state index in [2.05, 4.69) is 40.2 Å². The van der Waals surface area contributed by atoms with Gasteiger partial charge >= 0.3 is 5.69 Å². The number of H-pyrrole nitrogens is 1. The van der Waals surface area contributed by atoms with Gasteiger partial charge in [0, 0.05) is 29.4 Å². The first-order chi connectivity index (χ1) is 8.94. The fourth-order valence-electron chi connectivity index (χ4n) is 1.61. The molecule has 0 bridgehead atoms. The standard InChI is InChI=1S/C11H14N4O2S2/c1-11(19,6-18)2-5-15-9(16)7-8(14-10(15)17)13-4-3-12-7/h3-4,18-19H,2,5-6H2,1H3,(H,13,14,17)/t11-/m1/s1. The number of nitrogens with zero attached hydrogens (tertiary/aromatic N) is 3. The maximum Gasteiger partial charge on any atom is 0.330 e. The third-order valence-corrected chi connectivity index (χ3v) is 4.16. The van der Waals surface area contributed by atoms with E-state index in [1.807, 2.05) is 6.92 Å². The van der Waals surface area contributed by atoms with Gasteiger partial charge in [-0.05, 0) is 13.3 Å². The Morgan fingerprint density at radius 1 is 1.37 bits per heavy atom. The highest BCUT2D eigenvalue weighted by Crippen LogP contribution is 2.20. The van der Waals surface area contributed by atoms with Gasteiger partial charge in [-0.15, -0.1) is 0 Å². The summed E-state index contributed by atoms with van der Waals surface area (Å²) in [5, 5.41) is 0. The summed E-state index contributed by atoms with van der Waals surface area (Å²) in [6, 6.07) is 0. The number of rotatable bonds is 4. The van der Waals surface area contributed by atoms with E-state index in [0.29, 0.717) is 12.2 Å². The second kappa shape index (κ2) is 5.38. The Kier molecular flexibility index (Phi) is 4.00. The fraction of sp³-hybridized carbons (Fsp3) is 0.455.